The SMILES string of the molecule is CC1CC(NC(=O)[C@H]2CCN2)CCN1. The first-order valence-corrected chi connectivity index (χ1v) is 5.53. The van der Waals surface area contributed by atoms with E-state index in [9.17, 15) is 4.79 Å². The molecule has 2 saturated heterocycles. The summed E-state index contributed by atoms with van der Waals surface area (Å²) in [5, 5.41) is 9.60. The van der Waals surface area contributed by atoms with Gasteiger partial charge in [0.1, 0.15) is 0 Å². The number of rotatable bonds is 2. The molecule has 0 spiro atoms. The summed E-state index contributed by atoms with van der Waals surface area (Å²) in [4.78, 5) is 11.6. The Labute approximate surface area is 84.8 Å². The molecule has 2 aliphatic heterocycles. The minimum absolute atomic E-state index is 0.0835. The molecule has 3 N–H and O–H groups in total. The molecule has 0 aromatic carbocycles. The van der Waals surface area contributed by atoms with E-state index in [0.29, 0.717) is 12.1 Å². The van der Waals surface area contributed by atoms with Crippen molar-refractivity contribution in [3.8, 4) is 0 Å². The largest absolute Gasteiger partial charge is 0.352 e. The molecule has 80 valence electrons. The van der Waals surface area contributed by atoms with Gasteiger partial charge in [-0.25, -0.2) is 0 Å². The van der Waals surface area contributed by atoms with Crippen LogP contribution in [-0.4, -0.2) is 37.1 Å². The quantitative estimate of drug-likeness (QED) is 0.565. The minimum Gasteiger partial charge on any atom is -0.352 e. The molecule has 0 aliphatic carbocycles. The number of carbonyl (C=O) groups excluding carboxylic acids is 1. The number of hydrogen-bond acceptors (Lipinski definition) is 3. The molecular weight excluding hydrogens is 178 g/mol. The van der Waals surface area contributed by atoms with Crippen LogP contribution in [0.25, 0.3) is 0 Å². The molecule has 2 aliphatic rings. The van der Waals surface area contributed by atoms with Gasteiger partial charge in [-0.15, -0.1) is 0 Å². The van der Waals surface area contributed by atoms with Crippen molar-refractivity contribution in [2.24, 2.45) is 0 Å². The molecule has 14 heavy (non-hydrogen) atoms. The van der Waals surface area contributed by atoms with Gasteiger partial charge in [0, 0.05) is 12.1 Å². The fourth-order valence-corrected chi connectivity index (χ4v) is 2.08. The maximum atomic E-state index is 11.6. The molecule has 2 unspecified atom stereocenters. The van der Waals surface area contributed by atoms with E-state index in [1.165, 1.54) is 0 Å². The standard InChI is InChI=1S/C10H19N3O/c1-7-6-8(2-4-11-7)13-10(14)9-3-5-12-9/h7-9,11-12H,2-6H2,1H3,(H,13,14)/t7?,8?,9-/m1/s1. The van der Waals surface area contributed by atoms with Gasteiger partial charge in [-0.2, -0.15) is 0 Å². The predicted octanol–water partition coefficient (Wildman–Crippen LogP) is -0.395. The molecule has 0 bridgehead atoms. The predicted molar refractivity (Wildman–Crippen MR) is 55.0 cm³/mol. The summed E-state index contributed by atoms with van der Waals surface area (Å²) in [6.45, 7) is 4.17. The van der Waals surface area contributed by atoms with Gasteiger partial charge in [0.2, 0.25) is 5.91 Å². The Kier molecular flexibility index (Phi) is 3.03. The van der Waals surface area contributed by atoms with Gasteiger partial charge in [0.05, 0.1) is 6.04 Å². The molecule has 0 saturated carbocycles. The summed E-state index contributed by atoms with van der Waals surface area (Å²) in [6, 6.07) is 0.991. The fraction of sp³-hybridized carbons (Fsp3) is 0.900. The fourth-order valence-electron chi connectivity index (χ4n) is 2.08. The smallest absolute Gasteiger partial charge is 0.237 e. The van der Waals surface area contributed by atoms with E-state index in [1.807, 2.05) is 0 Å². The molecule has 0 aromatic heterocycles. The molecule has 2 rings (SSSR count). The second-order valence-corrected chi connectivity index (χ2v) is 4.38. The molecule has 4 nitrogen and oxygen atoms in total. The summed E-state index contributed by atoms with van der Waals surface area (Å²) in [5.74, 6) is 0.190. The van der Waals surface area contributed by atoms with E-state index in [1.54, 1.807) is 0 Å². The van der Waals surface area contributed by atoms with E-state index in [4.69, 9.17) is 0 Å². The van der Waals surface area contributed by atoms with Gasteiger partial charge in [-0.05, 0) is 39.3 Å². The highest BCUT2D eigenvalue weighted by Crippen LogP contribution is 2.09. The van der Waals surface area contributed by atoms with Crippen molar-refractivity contribution in [3.05, 3.63) is 0 Å². The molecule has 3 atom stereocenters. The highest BCUT2D eigenvalue weighted by molar-refractivity contribution is 5.82. The van der Waals surface area contributed by atoms with Crippen molar-refractivity contribution in [1.29, 1.82) is 0 Å². The van der Waals surface area contributed by atoms with E-state index in [0.717, 1.165) is 32.4 Å². The average Bonchev–Trinajstić information content (AvgIpc) is 1.99. The first-order chi connectivity index (χ1) is 6.75. The first kappa shape index (κ1) is 9.93. The number of nitrogens with one attached hydrogen (secondary N) is 3. The summed E-state index contributed by atoms with van der Waals surface area (Å²) in [7, 11) is 0. The Hall–Kier alpha value is -0.610. The van der Waals surface area contributed by atoms with Crippen LogP contribution < -0.4 is 16.0 Å². The zero-order valence-corrected chi connectivity index (χ0v) is 8.68. The van der Waals surface area contributed by atoms with Crippen molar-refractivity contribution in [1.82, 2.24) is 16.0 Å². The van der Waals surface area contributed by atoms with Crippen molar-refractivity contribution < 1.29 is 4.79 Å². The Morgan fingerprint density at radius 3 is 2.57 bits per heavy atom. The van der Waals surface area contributed by atoms with Crippen LogP contribution in [-0.2, 0) is 4.79 Å². The number of amides is 1. The number of carbonyl (C=O) groups is 1. The molecule has 2 fully saturated rings. The average molecular weight is 197 g/mol. The second kappa shape index (κ2) is 4.28. The Bertz CT molecular complexity index is 215. The lowest BCUT2D eigenvalue weighted by molar-refractivity contribution is -0.125. The summed E-state index contributed by atoms with van der Waals surface area (Å²) in [6.07, 6.45) is 3.10. The lowest BCUT2D eigenvalue weighted by Gasteiger charge is -2.32. The molecule has 0 aromatic rings. The van der Waals surface area contributed by atoms with Crippen LogP contribution in [0, 0.1) is 0 Å². The van der Waals surface area contributed by atoms with Crippen LogP contribution in [0.2, 0.25) is 0 Å². The van der Waals surface area contributed by atoms with Crippen LogP contribution in [0.4, 0.5) is 0 Å². The summed E-state index contributed by atoms with van der Waals surface area (Å²) < 4.78 is 0. The van der Waals surface area contributed by atoms with Gasteiger partial charge >= 0.3 is 0 Å². The topological polar surface area (TPSA) is 53.2 Å². The Morgan fingerprint density at radius 2 is 2.00 bits per heavy atom. The van der Waals surface area contributed by atoms with Gasteiger partial charge in [0.25, 0.3) is 0 Å². The van der Waals surface area contributed by atoms with Crippen molar-refractivity contribution >= 4 is 5.91 Å². The maximum Gasteiger partial charge on any atom is 0.237 e. The summed E-state index contributed by atoms with van der Waals surface area (Å²) in [5.41, 5.74) is 0. The molecule has 1 amide bonds. The molecule has 2 heterocycles. The van der Waals surface area contributed by atoms with E-state index >= 15 is 0 Å². The lowest BCUT2D eigenvalue weighted by atomic mass is 9.99. The molecular formula is C10H19N3O. The van der Waals surface area contributed by atoms with Gasteiger partial charge in [0.15, 0.2) is 0 Å². The van der Waals surface area contributed by atoms with Gasteiger partial charge in [-0.1, -0.05) is 0 Å². The van der Waals surface area contributed by atoms with Crippen LogP contribution >= 0.6 is 0 Å². The normalized spacial score (nSPS) is 37.4. The van der Waals surface area contributed by atoms with Crippen molar-refractivity contribution in [2.45, 2.75) is 44.3 Å². The van der Waals surface area contributed by atoms with E-state index in [2.05, 4.69) is 22.9 Å². The van der Waals surface area contributed by atoms with Crippen molar-refractivity contribution in [3.63, 3.8) is 0 Å². The second-order valence-electron chi connectivity index (χ2n) is 4.38. The highest BCUT2D eigenvalue weighted by Gasteiger charge is 2.27. The minimum atomic E-state index is 0.0835. The third-order valence-electron chi connectivity index (χ3n) is 3.11. The van der Waals surface area contributed by atoms with Crippen LogP contribution in [0.15, 0.2) is 0 Å². The lowest BCUT2D eigenvalue weighted by Crippen LogP contribution is -2.56. The summed E-state index contributed by atoms with van der Waals surface area (Å²) >= 11 is 0. The monoisotopic (exact) mass is 197 g/mol. The van der Waals surface area contributed by atoms with Gasteiger partial charge in [-0.3, -0.25) is 4.79 Å². The zero-order valence-electron chi connectivity index (χ0n) is 8.68. The van der Waals surface area contributed by atoms with Crippen LogP contribution in [0.3, 0.4) is 0 Å². The third-order valence-corrected chi connectivity index (χ3v) is 3.11. The van der Waals surface area contributed by atoms with Crippen LogP contribution in [0.5, 0.6) is 0 Å². The van der Waals surface area contributed by atoms with E-state index < -0.39 is 0 Å². The molecule has 0 radical (unpaired) electrons. The Morgan fingerprint density at radius 1 is 1.29 bits per heavy atom. The highest BCUT2D eigenvalue weighted by atomic mass is 16.2. The van der Waals surface area contributed by atoms with E-state index in [-0.39, 0.29) is 11.9 Å². The maximum absolute atomic E-state index is 11.6. The number of piperidine rings is 1. The van der Waals surface area contributed by atoms with Crippen LogP contribution in [0.1, 0.15) is 26.2 Å². The number of hydrogen-bond donors (Lipinski definition) is 3. The third kappa shape index (κ3) is 2.25. The molecule has 4 heteroatoms. The van der Waals surface area contributed by atoms with Gasteiger partial charge < -0.3 is 16.0 Å². The first-order valence-electron chi connectivity index (χ1n) is 5.53. The zero-order chi connectivity index (χ0) is 9.97. The van der Waals surface area contributed by atoms with Crippen molar-refractivity contribution in [2.75, 3.05) is 13.1 Å². The Balaban J connectivity index is 1.75.